The van der Waals surface area contributed by atoms with Gasteiger partial charge in [0.25, 0.3) is 0 Å². The minimum absolute atomic E-state index is 0.401. The zero-order chi connectivity index (χ0) is 15.4. The minimum Gasteiger partial charge on any atom is -0.481 e. The Balaban J connectivity index is 2.06. The molecule has 3 aromatic rings. The van der Waals surface area contributed by atoms with E-state index in [0.29, 0.717) is 17.1 Å². The molecular formula is C18H16N2O2. The van der Waals surface area contributed by atoms with Gasteiger partial charge in [-0.25, -0.2) is 4.98 Å². The molecule has 0 bridgehead atoms. The van der Waals surface area contributed by atoms with Crippen molar-refractivity contribution in [1.29, 1.82) is 0 Å². The molecule has 1 aromatic carbocycles. The molecule has 1 atom stereocenters. The number of nitrogens with zero attached hydrogens (tertiary/aromatic N) is 2. The number of rotatable bonds is 4. The molecule has 0 fully saturated rings. The van der Waals surface area contributed by atoms with Gasteiger partial charge in [-0.2, -0.15) is 0 Å². The van der Waals surface area contributed by atoms with Crippen LogP contribution in [0.3, 0.4) is 0 Å². The van der Waals surface area contributed by atoms with E-state index in [1.54, 1.807) is 25.6 Å². The van der Waals surface area contributed by atoms with Crippen molar-refractivity contribution in [3.05, 3.63) is 78.2 Å². The van der Waals surface area contributed by atoms with E-state index < -0.39 is 6.10 Å². The second kappa shape index (κ2) is 6.37. The summed E-state index contributed by atoms with van der Waals surface area (Å²) < 4.78 is 5.28. The lowest BCUT2D eigenvalue weighted by Gasteiger charge is -2.15. The molecule has 2 aromatic heterocycles. The molecule has 1 N–H and O–H groups in total. The summed E-state index contributed by atoms with van der Waals surface area (Å²) in [7, 11) is 1.54. The predicted molar refractivity (Wildman–Crippen MR) is 84.5 cm³/mol. The van der Waals surface area contributed by atoms with E-state index in [2.05, 4.69) is 9.97 Å². The maximum absolute atomic E-state index is 10.6. The van der Waals surface area contributed by atoms with Crippen molar-refractivity contribution in [2.24, 2.45) is 0 Å². The number of methoxy groups -OCH3 is 1. The first kappa shape index (κ1) is 14.2. The highest BCUT2D eigenvalue weighted by atomic mass is 16.5. The molecule has 2 heterocycles. The molecule has 1 unspecified atom stereocenters. The maximum atomic E-state index is 10.6. The summed E-state index contributed by atoms with van der Waals surface area (Å²) in [6, 6.07) is 17.2. The minimum atomic E-state index is -0.882. The van der Waals surface area contributed by atoms with E-state index in [1.165, 1.54) is 0 Å². The first-order valence-electron chi connectivity index (χ1n) is 6.98. The fraction of sp³-hybridized carbons (Fsp3) is 0.111. The van der Waals surface area contributed by atoms with Gasteiger partial charge >= 0.3 is 0 Å². The third-order valence-corrected chi connectivity index (χ3v) is 3.44. The van der Waals surface area contributed by atoms with Gasteiger partial charge in [0, 0.05) is 23.5 Å². The lowest BCUT2D eigenvalue weighted by molar-refractivity contribution is 0.208. The molecule has 0 radical (unpaired) electrons. The fourth-order valence-corrected chi connectivity index (χ4v) is 2.32. The van der Waals surface area contributed by atoms with Gasteiger partial charge < -0.3 is 9.84 Å². The number of hydrogen-bond acceptors (Lipinski definition) is 4. The largest absolute Gasteiger partial charge is 0.481 e. The molecule has 3 rings (SSSR count). The molecule has 4 heteroatoms. The monoisotopic (exact) mass is 292 g/mol. The van der Waals surface area contributed by atoms with Crippen LogP contribution in [-0.2, 0) is 0 Å². The molecule has 110 valence electrons. The maximum Gasteiger partial charge on any atom is 0.219 e. The van der Waals surface area contributed by atoms with Crippen LogP contribution in [0.25, 0.3) is 11.1 Å². The Morgan fingerprint density at radius 1 is 0.955 bits per heavy atom. The van der Waals surface area contributed by atoms with Crippen molar-refractivity contribution >= 4 is 0 Å². The predicted octanol–water partition coefficient (Wildman–Crippen LogP) is 3.23. The number of hydrogen-bond donors (Lipinski definition) is 1. The van der Waals surface area contributed by atoms with E-state index in [-0.39, 0.29) is 0 Å². The highest BCUT2D eigenvalue weighted by Gasteiger charge is 2.18. The van der Waals surface area contributed by atoms with Crippen LogP contribution in [-0.4, -0.2) is 22.2 Å². The van der Waals surface area contributed by atoms with Crippen molar-refractivity contribution < 1.29 is 9.84 Å². The SMILES string of the molecule is COc1ncc(-c2ccccc2)cc1C(O)c1ccccn1. The standard InChI is InChI=1S/C18H16N2O2/c1-22-18-15(17(21)16-9-5-6-10-19-16)11-14(12-20-18)13-7-3-2-4-8-13/h2-12,17,21H,1H3. The van der Waals surface area contributed by atoms with Crippen molar-refractivity contribution in [2.75, 3.05) is 7.11 Å². The van der Waals surface area contributed by atoms with E-state index in [0.717, 1.165) is 11.1 Å². The Hall–Kier alpha value is -2.72. The number of benzene rings is 1. The molecule has 0 saturated carbocycles. The van der Waals surface area contributed by atoms with Gasteiger partial charge in [0.1, 0.15) is 6.10 Å². The fourth-order valence-electron chi connectivity index (χ4n) is 2.32. The molecule has 0 aliphatic rings. The summed E-state index contributed by atoms with van der Waals surface area (Å²) in [6.45, 7) is 0. The average Bonchev–Trinajstić information content (AvgIpc) is 2.62. The Labute approximate surface area is 129 Å². The summed E-state index contributed by atoms with van der Waals surface area (Å²) in [5, 5.41) is 10.6. The highest BCUT2D eigenvalue weighted by molar-refractivity contribution is 5.64. The van der Waals surface area contributed by atoms with Gasteiger partial charge in [-0.1, -0.05) is 36.4 Å². The van der Waals surface area contributed by atoms with Gasteiger partial charge in [0.05, 0.1) is 12.8 Å². The molecule has 0 aliphatic carbocycles. The Kier molecular flexibility index (Phi) is 4.12. The van der Waals surface area contributed by atoms with Crippen LogP contribution in [0, 0.1) is 0 Å². The second-order valence-electron chi connectivity index (χ2n) is 4.85. The molecule has 0 spiro atoms. The highest BCUT2D eigenvalue weighted by Crippen LogP contribution is 2.31. The van der Waals surface area contributed by atoms with Crippen molar-refractivity contribution in [2.45, 2.75) is 6.10 Å². The number of ether oxygens (including phenoxy) is 1. The van der Waals surface area contributed by atoms with Crippen LogP contribution in [0.15, 0.2) is 67.0 Å². The van der Waals surface area contributed by atoms with E-state index in [1.807, 2.05) is 48.5 Å². The molecule has 0 aliphatic heterocycles. The summed E-state index contributed by atoms with van der Waals surface area (Å²) in [5.74, 6) is 0.401. The first-order chi connectivity index (χ1) is 10.8. The number of pyridine rings is 2. The van der Waals surface area contributed by atoms with Gasteiger partial charge in [-0.15, -0.1) is 0 Å². The lowest BCUT2D eigenvalue weighted by Crippen LogP contribution is -2.06. The molecule has 0 amide bonds. The molecule has 22 heavy (non-hydrogen) atoms. The van der Waals surface area contributed by atoms with Crippen LogP contribution in [0.4, 0.5) is 0 Å². The third kappa shape index (κ3) is 2.82. The van der Waals surface area contributed by atoms with E-state index >= 15 is 0 Å². The van der Waals surface area contributed by atoms with Gasteiger partial charge in [0.15, 0.2) is 0 Å². The Morgan fingerprint density at radius 3 is 2.41 bits per heavy atom. The smallest absolute Gasteiger partial charge is 0.219 e. The normalized spacial score (nSPS) is 11.9. The molecule has 0 saturated heterocycles. The van der Waals surface area contributed by atoms with Gasteiger partial charge in [-0.3, -0.25) is 4.98 Å². The summed E-state index contributed by atoms with van der Waals surface area (Å²) in [5.41, 5.74) is 3.12. The number of aliphatic hydroxyl groups is 1. The topological polar surface area (TPSA) is 55.2 Å². The summed E-state index contributed by atoms with van der Waals surface area (Å²) >= 11 is 0. The van der Waals surface area contributed by atoms with Crippen LogP contribution < -0.4 is 4.74 Å². The van der Waals surface area contributed by atoms with Crippen molar-refractivity contribution in [1.82, 2.24) is 9.97 Å². The lowest BCUT2D eigenvalue weighted by atomic mass is 10.0. The summed E-state index contributed by atoms with van der Waals surface area (Å²) in [4.78, 5) is 8.51. The van der Waals surface area contributed by atoms with Gasteiger partial charge in [0.2, 0.25) is 5.88 Å². The van der Waals surface area contributed by atoms with Crippen LogP contribution in [0.5, 0.6) is 5.88 Å². The summed E-state index contributed by atoms with van der Waals surface area (Å²) in [6.07, 6.45) is 2.51. The number of aliphatic hydroxyl groups excluding tert-OH is 1. The third-order valence-electron chi connectivity index (χ3n) is 3.44. The quantitative estimate of drug-likeness (QED) is 0.802. The zero-order valence-corrected chi connectivity index (χ0v) is 12.2. The van der Waals surface area contributed by atoms with Crippen LogP contribution in [0.2, 0.25) is 0 Å². The molecule has 4 nitrogen and oxygen atoms in total. The van der Waals surface area contributed by atoms with Gasteiger partial charge in [-0.05, 0) is 23.8 Å². The first-order valence-corrected chi connectivity index (χ1v) is 6.98. The van der Waals surface area contributed by atoms with E-state index in [4.69, 9.17) is 4.74 Å². The zero-order valence-electron chi connectivity index (χ0n) is 12.2. The van der Waals surface area contributed by atoms with Crippen molar-refractivity contribution in [3.8, 4) is 17.0 Å². The Morgan fingerprint density at radius 2 is 1.73 bits per heavy atom. The Bertz CT molecular complexity index is 746. The van der Waals surface area contributed by atoms with Crippen LogP contribution >= 0.6 is 0 Å². The van der Waals surface area contributed by atoms with E-state index in [9.17, 15) is 5.11 Å². The molecular weight excluding hydrogens is 276 g/mol. The second-order valence-corrected chi connectivity index (χ2v) is 4.85. The van der Waals surface area contributed by atoms with Crippen molar-refractivity contribution in [3.63, 3.8) is 0 Å². The average molecular weight is 292 g/mol. The number of aromatic nitrogens is 2. The van der Waals surface area contributed by atoms with Crippen LogP contribution in [0.1, 0.15) is 17.4 Å².